The third kappa shape index (κ3) is 21.3. The van der Waals surface area contributed by atoms with Gasteiger partial charge in [0.2, 0.25) is 0 Å². The number of nitrogens with one attached hydrogen (secondary N) is 4. The largest absolute Gasteiger partial charge is 0.412 e. The quantitative estimate of drug-likeness (QED) is 0.128. The van der Waals surface area contributed by atoms with Crippen LogP contribution in [0.4, 0.5) is 0 Å². The van der Waals surface area contributed by atoms with Crippen LogP contribution < -0.4 is 21.3 Å². The molecule has 0 aliphatic carbocycles. The van der Waals surface area contributed by atoms with Crippen molar-refractivity contribution >= 4 is 102 Å². The average Bonchev–Trinajstić information content (AvgIpc) is 3.21. The zero-order valence-corrected chi connectivity index (χ0v) is 46.2. The maximum absolute atomic E-state index is 4.93. The molecule has 4 bridgehead atoms. The number of rotatable bonds is 7. The number of nitrogens with zero attached hydrogens (tertiary/aromatic N) is 5. The fourth-order valence-electron chi connectivity index (χ4n) is 7.91. The molecule has 2 aromatic carbocycles. The number of hydrogen-bond donors (Lipinski definition) is 4. The summed E-state index contributed by atoms with van der Waals surface area (Å²) in [6.07, 6.45) is 6.34. The van der Waals surface area contributed by atoms with E-state index in [0.717, 1.165) is 146 Å². The van der Waals surface area contributed by atoms with Gasteiger partial charge < -0.3 is 32.2 Å². The summed E-state index contributed by atoms with van der Waals surface area (Å²) in [5.41, 5.74) is 10.8. The maximum Gasteiger partial charge on any atom is 0.0545 e. The van der Waals surface area contributed by atoms with E-state index >= 15 is 0 Å². The van der Waals surface area contributed by atoms with E-state index in [1.165, 1.54) is 22.3 Å². The Morgan fingerprint density at radius 1 is 0.444 bits per heavy atom. The minimum atomic E-state index is 0. The van der Waals surface area contributed by atoms with Crippen LogP contribution in [0.15, 0.2) is 109 Å². The standard InChI is InChI=1S/C46H59N9.6BrH.2H2O/c1-2-24-51-45(19-1)46(39-13-3-11-37(29-39)35-54-25-7-20-47-31-41-15-5-16-42(52-41)32-48-21-8-26-54)40-14-4-12-38(30-40)36-55-27-9-22-49-33-43-17-6-18-44(53-43)34-50-23-10-28-55;;;;;;;;/h1-6,11-19,24,29-30,46-50H,7-10,20-23,25-28,31-36H2;6*1H;2*1H2. The van der Waals surface area contributed by atoms with Gasteiger partial charge in [-0.15, -0.1) is 102 Å². The van der Waals surface area contributed by atoms with E-state index in [2.05, 4.69) is 128 Å². The van der Waals surface area contributed by atoms with E-state index in [0.29, 0.717) is 0 Å². The summed E-state index contributed by atoms with van der Waals surface area (Å²) < 4.78 is 0. The summed E-state index contributed by atoms with van der Waals surface area (Å²) in [5.74, 6) is 0.0531. The van der Waals surface area contributed by atoms with Gasteiger partial charge in [-0.1, -0.05) is 66.7 Å². The van der Waals surface area contributed by atoms with E-state index < -0.39 is 0 Å². The Morgan fingerprint density at radius 3 is 1.16 bits per heavy atom. The van der Waals surface area contributed by atoms with Gasteiger partial charge in [-0.2, -0.15) is 0 Å². The molecular formula is C46H69Br6N9O2. The molecule has 0 spiro atoms. The summed E-state index contributed by atoms with van der Waals surface area (Å²) in [7, 11) is 0. The molecule has 8 N–H and O–H groups in total. The number of halogens is 6. The lowest BCUT2D eigenvalue weighted by atomic mass is 9.86. The first-order valence-electron chi connectivity index (χ1n) is 20.5. The topological polar surface area (TPSA) is 156 Å². The molecule has 0 fully saturated rings. The average molecular weight is 1260 g/mol. The minimum Gasteiger partial charge on any atom is -0.412 e. The Kier molecular flexibility index (Phi) is 35.9. The number of hydrogen-bond acceptors (Lipinski definition) is 9. The molecule has 0 radical (unpaired) electrons. The molecule has 7 rings (SSSR count). The van der Waals surface area contributed by atoms with E-state index in [4.69, 9.17) is 15.0 Å². The molecule has 0 saturated carbocycles. The Labute approximate surface area is 438 Å². The van der Waals surface area contributed by atoms with Crippen molar-refractivity contribution in [2.24, 2.45) is 0 Å². The van der Waals surface area contributed by atoms with Crippen LogP contribution >= 0.6 is 102 Å². The van der Waals surface area contributed by atoms with E-state index in [9.17, 15) is 0 Å². The predicted octanol–water partition coefficient (Wildman–Crippen LogP) is 7.82. The lowest BCUT2D eigenvalue weighted by molar-refractivity contribution is 0.256. The normalized spacial score (nSPS) is 15.4. The van der Waals surface area contributed by atoms with Gasteiger partial charge in [0.05, 0.1) is 34.4 Å². The number of aromatic nitrogens is 3. The molecule has 0 amide bonds. The van der Waals surface area contributed by atoms with Gasteiger partial charge in [-0.25, -0.2) is 0 Å². The van der Waals surface area contributed by atoms with Crippen LogP contribution in [0.1, 0.15) is 82.3 Å². The van der Waals surface area contributed by atoms with Crippen LogP contribution in [0.3, 0.4) is 0 Å². The van der Waals surface area contributed by atoms with Crippen molar-refractivity contribution in [2.75, 3.05) is 52.4 Å². The molecule has 11 nitrogen and oxygen atoms in total. The Morgan fingerprint density at radius 2 is 0.810 bits per heavy atom. The number of benzene rings is 2. The van der Waals surface area contributed by atoms with E-state index in [1.54, 1.807) is 0 Å². The van der Waals surface area contributed by atoms with E-state index in [1.807, 2.05) is 12.3 Å². The van der Waals surface area contributed by atoms with Gasteiger partial charge >= 0.3 is 0 Å². The van der Waals surface area contributed by atoms with Crippen molar-refractivity contribution < 1.29 is 11.0 Å². The zero-order valence-electron chi connectivity index (χ0n) is 35.9. The summed E-state index contributed by atoms with van der Waals surface area (Å²) >= 11 is 0. The first kappa shape index (κ1) is 63.5. The molecule has 5 heterocycles. The number of pyridine rings is 3. The Bertz CT molecular complexity index is 1750. The first-order valence-corrected chi connectivity index (χ1v) is 20.5. The summed E-state index contributed by atoms with van der Waals surface area (Å²) in [6, 6.07) is 37.6. The number of fused-ring (bicyclic) bond motifs is 4. The highest BCUT2D eigenvalue weighted by atomic mass is 79.9. The molecule has 352 valence electrons. The fourth-order valence-corrected chi connectivity index (χ4v) is 7.91. The minimum absolute atomic E-state index is 0. The van der Waals surface area contributed by atoms with Crippen molar-refractivity contribution in [1.29, 1.82) is 0 Å². The van der Waals surface area contributed by atoms with Crippen LogP contribution in [-0.2, 0) is 39.3 Å². The summed E-state index contributed by atoms with van der Waals surface area (Å²) in [5, 5.41) is 14.5. The van der Waals surface area contributed by atoms with Crippen LogP contribution in [-0.4, -0.2) is 88.1 Å². The van der Waals surface area contributed by atoms with Gasteiger partial charge in [0.25, 0.3) is 0 Å². The predicted molar refractivity (Wildman–Crippen MR) is 292 cm³/mol. The van der Waals surface area contributed by atoms with Crippen LogP contribution in [0.2, 0.25) is 0 Å². The Balaban J connectivity index is 0. The van der Waals surface area contributed by atoms with Crippen LogP contribution in [0.25, 0.3) is 0 Å². The third-order valence-electron chi connectivity index (χ3n) is 10.6. The van der Waals surface area contributed by atoms with Gasteiger partial charge in [0.1, 0.15) is 0 Å². The van der Waals surface area contributed by atoms with Gasteiger partial charge in [-0.05, 0) is 137 Å². The highest BCUT2D eigenvalue weighted by Crippen LogP contribution is 2.32. The second-order valence-electron chi connectivity index (χ2n) is 15.1. The summed E-state index contributed by atoms with van der Waals surface area (Å²) in [4.78, 5) is 19.8. The molecule has 0 atom stereocenters. The van der Waals surface area contributed by atoms with E-state index in [-0.39, 0.29) is 119 Å². The highest BCUT2D eigenvalue weighted by molar-refractivity contribution is 8.93. The third-order valence-corrected chi connectivity index (χ3v) is 10.6. The summed E-state index contributed by atoms with van der Waals surface area (Å²) in [6.45, 7) is 13.3. The molecule has 17 heteroatoms. The molecule has 0 saturated heterocycles. The monoisotopic (exact) mass is 1250 g/mol. The van der Waals surface area contributed by atoms with Crippen molar-refractivity contribution in [3.8, 4) is 0 Å². The lowest BCUT2D eigenvalue weighted by Gasteiger charge is -2.25. The highest BCUT2D eigenvalue weighted by Gasteiger charge is 2.20. The molecule has 5 aromatic rings. The molecule has 3 aromatic heterocycles. The molecular weight excluding hydrogens is 1190 g/mol. The second-order valence-corrected chi connectivity index (χ2v) is 15.1. The smallest absolute Gasteiger partial charge is 0.0545 e. The lowest BCUT2D eigenvalue weighted by Crippen LogP contribution is -2.31. The van der Waals surface area contributed by atoms with Crippen molar-refractivity contribution in [1.82, 2.24) is 46.0 Å². The van der Waals surface area contributed by atoms with Gasteiger partial charge in [0, 0.05) is 45.5 Å². The van der Waals surface area contributed by atoms with Crippen molar-refractivity contribution in [3.63, 3.8) is 0 Å². The maximum atomic E-state index is 4.93. The van der Waals surface area contributed by atoms with Gasteiger partial charge in [-0.3, -0.25) is 24.8 Å². The van der Waals surface area contributed by atoms with Crippen LogP contribution in [0, 0.1) is 0 Å². The zero-order chi connectivity index (χ0) is 37.3. The van der Waals surface area contributed by atoms with Crippen molar-refractivity contribution in [3.05, 3.63) is 160 Å². The fraction of sp³-hybridized carbons (Fsp3) is 0.413. The van der Waals surface area contributed by atoms with Crippen molar-refractivity contribution in [2.45, 2.75) is 70.9 Å². The molecule has 2 aliphatic heterocycles. The molecule has 2 aliphatic rings. The molecule has 63 heavy (non-hydrogen) atoms. The van der Waals surface area contributed by atoms with Gasteiger partial charge in [0.15, 0.2) is 0 Å². The van der Waals surface area contributed by atoms with Crippen LogP contribution in [0.5, 0.6) is 0 Å². The SMILES string of the molecule is Br.Br.Br.Br.Br.Br.O.O.c1ccc(C(c2cccc(CN3CCCNCc4cccc(n4)CNCCC3)c2)c2cccc(CN3CCCNCc4cccc(n4)CNCCC3)c2)nc1. The first-order chi connectivity index (χ1) is 27.2. The molecule has 0 unspecified atom stereocenters. The second kappa shape index (κ2) is 35.6. The Hall–Kier alpha value is -1.55.